The minimum absolute atomic E-state index is 0.285. The second kappa shape index (κ2) is 4.13. The fourth-order valence-electron chi connectivity index (χ4n) is 0.158. The number of hydrogen-bond donors (Lipinski definition) is 2. The van der Waals surface area contributed by atoms with Crippen molar-refractivity contribution in [2.75, 3.05) is 7.11 Å². The molecule has 0 rings (SSSR count). The van der Waals surface area contributed by atoms with Crippen LogP contribution in [0.25, 0.3) is 0 Å². The summed E-state index contributed by atoms with van der Waals surface area (Å²) in [4.78, 5) is 8.73. The van der Waals surface area contributed by atoms with Crippen molar-refractivity contribution in [2.45, 2.75) is 0 Å². The average molecular weight is 227 g/mol. The molecule has 0 aromatic heterocycles. The lowest BCUT2D eigenvalue weighted by Gasteiger charge is -2.19. The minimum atomic E-state index is -3.96. The van der Waals surface area contributed by atoms with Crippen molar-refractivity contribution in [2.24, 2.45) is 0 Å². The van der Waals surface area contributed by atoms with E-state index in [4.69, 9.17) is 28.4 Å². The van der Waals surface area contributed by atoms with Crippen LogP contribution in [0.5, 0.6) is 0 Å². The smallest absolute Gasteiger partial charge is 0.311 e. The largest absolute Gasteiger partial charge is 0.430 e. The van der Waals surface area contributed by atoms with E-state index in [-0.39, 0.29) is 4.05 Å². The third kappa shape index (κ3) is 2.94. The van der Waals surface area contributed by atoms with Crippen molar-refractivity contribution in [1.82, 2.24) is 8.23 Å². The Bertz CT molecular complexity index is 155. The Kier molecular flexibility index (Phi) is 4.55. The molecule has 1 unspecified atom stereocenters. The highest BCUT2D eigenvalue weighted by Crippen LogP contribution is 2.48. The molecule has 0 saturated carbocycles. The fourth-order valence-corrected chi connectivity index (χ4v) is 1.21. The maximum Gasteiger partial charge on any atom is 0.430 e. The van der Waals surface area contributed by atoms with Gasteiger partial charge >= 0.3 is 7.75 Å². The Hall–Kier alpha value is 1.00. The van der Waals surface area contributed by atoms with E-state index >= 15 is 0 Å². The van der Waals surface area contributed by atoms with Gasteiger partial charge in [0.1, 0.15) is 0 Å². The fraction of sp³-hybridized carbons (Fsp3) is 1.00. The zero-order valence-corrected chi connectivity index (χ0v) is 8.11. The Morgan fingerprint density at radius 3 is 2.20 bits per heavy atom. The summed E-state index contributed by atoms with van der Waals surface area (Å²) in [5.41, 5.74) is 0. The predicted octanol–water partition coefficient (Wildman–Crippen LogP) is 1.40. The van der Waals surface area contributed by atoms with Crippen molar-refractivity contribution in [3.8, 4) is 0 Å². The van der Waals surface area contributed by atoms with Crippen LogP contribution in [-0.4, -0.2) is 20.2 Å². The van der Waals surface area contributed by atoms with Gasteiger partial charge in [0.2, 0.25) is 0 Å². The van der Waals surface area contributed by atoms with Crippen molar-refractivity contribution in [3.63, 3.8) is 0 Å². The van der Waals surface area contributed by atoms with Crippen LogP contribution in [0.1, 0.15) is 0 Å². The van der Waals surface area contributed by atoms with E-state index in [1.54, 1.807) is 0 Å². The molecule has 0 bridgehead atoms. The molecular formula is CH5Cl2N2O3PS. The third-order valence-corrected chi connectivity index (χ3v) is 3.29. The molecule has 62 valence electrons. The summed E-state index contributed by atoms with van der Waals surface area (Å²) in [6, 6.07) is 0. The molecular weight excluding hydrogens is 222 g/mol. The highest BCUT2D eigenvalue weighted by atomic mass is 35.5. The number of hydrazine groups is 1. The molecule has 0 fully saturated rings. The monoisotopic (exact) mass is 226 g/mol. The summed E-state index contributed by atoms with van der Waals surface area (Å²) >= 11 is 13.5. The van der Waals surface area contributed by atoms with Gasteiger partial charge in [-0.3, -0.25) is 4.52 Å². The van der Waals surface area contributed by atoms with E-state index in [0.717, 1.165) is 7.11 Å². The average Bonchev–Trinajstić information content (AvgIpc) is 1.86. The third-order valence-electron chi connectivity index (χ3n) is 0.599. The van der Waals surface area contributed by atoms with E-state index in [1.165, 1.54) is 0 Å². The number of hydrogen-bond acceptors (Lipinski definition) is 4. The molecule has 0 saturated heterocycles. The van der Waals surface area contributed by atoms with Crippen LogP contribution in [0, 0.1) is 0 Å². The van der Waals surface area contributed by atoms with Crippen molar-refractivity contribution in [1.29, 1.82) is 0 Å². The van der Waals surface area contributed by atoms with Gasteiger partial charge < -0.3 is 4.89 Å². The van der Waals surface area contributed by atoms with Crippen LogP contribution in [0.2, 0.25) is 0 Å². The summed E-state index contributed by atoms with van der Waals surface area (Å²) in [6.07, 6.45) is 0. The van der Waals surface area contributed by atoms with Gasteiger partial charge in [0.25, 0.3) is 0 Å². The summed E-state index contributed by atoms with van der Waals surface area (Å²) < 4.78 is 15.4. The molecule has 0 radical (unpaired) electrons. The Morgan fingerprint density at radius 1 is 1.70 bits per heavy atom. The van der Waals surface area contributed by atoms with Crippen molar-refractivity contribution >= 4 is 44.1 Å². The summed E-state index contributed by atoms with van der Waals surface area (Å²) in [5.74, 6) is 0. The normalized spacial score (nSPS) is 17.9. The number of rotatable bonds is 3. The molecule has 1 N–H and O–H groups in total. The maximum absolute atomic E-state index is 10.7. The quantitative estimate of drug-likeness (QED) is 0.330. The second-order valence-electron chi connectivity index (χ2n) is 1.16. The van der Waals surface area contributed by atoms with E-state index in [0.29, 0.717) is 4.18 Å². The lowest BCUT2D eigenvalue weighted by molar-refractivity contribution is 0.247. The van der Waals surface area contributed by atoms with E-state index in [1.807, 2.05) is 0 Å². The molecule has 0 aliphatic rings. The number of nitrogens with zero attached hydrogens (tertiary/aromatic N) is 2. The van der Waals surface area contributed by atoms with E-state index in [9.17, 15) is 4.57 Å². The lowest BCUT2D eigenvalue weighted by Crippen LogP contribution is -2.16. The molecule has 0 spiro atoms. The molecule has 0 aliphatic carbocycles. The van der Waals surface area contributed by atoms with Gasteiger partial charge in [-0.05, 0) is 4.05 Å². The first kappa shape index (κ1) is 11.0. The standard InChI is InChI=1S/CH5Cl2N2O3PS/c1-8-9(6,7)5(10)4(2)3/h10H,1H3,(H,6,7). The lowest BCUT2D eigenvalue weighted by atomic mass is 11.8. The molecule has 1 atom stereocenters. The topological polar surface area (TPSA) is 53.0 Å². The summed E-state index contributed by atoms with van der Waals surface area (Å²) in [5, 5.41) is 0. The molecule has 0 amide bonds. The van der Waals surface area contributed by atoms with Gasteiger partial charge in [0.05, 0.1) is 0 Å². The first-order valence-electron chi connectivity index (χ1n) is 1.91. The van der Waals surface area contributed by atoms with Gasteiger partial charge in [0.15, 0.2) is 0 Å². The van der Waals surface area contributed by atoms with Crippen molar-refractivity contribution < 1.29 is 14.0 Å². The Morgan fingerprint density at radius 2 is 2.10 bits per heavy atom. The van der Waals surface area contributed by atoms with Crippen LogP contribution in [0.3, 0.4) is 0 Å². The summed E-state index contributed by atoms with van der Waals surface area (Å²) in [7, 11) is -2.93. The summed E-state index contributed by atoms with van der Waals surface area (Å²) in [6.45, 7) is 0. The molecule has 9 heteroatoms. The SMILES string of the molecule is COP(=O)(O)N(S)N(Cl)Cl. The highest BCUT2D eigenvalue weighted by Gasteiger charge is 2.29. The first-order valence-corrected chi connectivity index (χ1v) is 4.52. The van der Waals surface area contributed by atoms with Crippen LogP contribution in [-0.2, 0) is 9.09 Å². The van der Waals surface area contributed by atoms with Crippen LogP contribution in [0.4, 0.5) is 0 Å². The Labute approximate surface area is 73.8 Å². The van der Waals surface area contributed by atoms with Crippen LogP contribution >= 0.6 is 44.1 Å². The molecule has 0 aromatic rings. The molecule has 0 aromatic carbocycles. The highest BCUT2D eigenvalue weighted by molar-refractivity contribution is 7.84. The second-order valence-corrected chi connectivity index (χ2v) is 4.39. The van der Waals surface area contributed by atoms with Crippen LogP contribution < -0.4 is 0 Å². The number of halogens is 2. The number of thiol groups is 1. The van der Waals surface area contributed by atoms with Gasteiger partial charge in [0, 0.05) is 30.7 Å². The first-order chi connectivity index (χ1) is 4.41. The predicted molar refractivity (Wildman–Crippen MR) is 41.2 cm³/mol. The zero-order chi connectivity index (χ0) is 8.36. The molecule has 0 heterocycles. The molecule has 5 nitrogen and oxygen atoms in total. The molecule has 10 heavy (non-hydrogen) atoms. The van der Waals surface area contributed by atoms with Gasteiger partial charge in [-0.15, -0.1) is 0 Å². The molecule has 0 aliphatic heterocycles. The van der Waals surface area contributed by atoms with Crippen molar-refractivity contribution in [3.05, 3.63) is 0 Å². The van der Waals surface area contributed by atoms with E-state index < -0.39 is 7.75 Å². The van der Waals surface area contributed by atoms with Gasteiger partial charge in [-0.25, -0.2) is 4.57 Å². The maximum atomic E-state index is 10.7. The van der Waals surface area contributed by atoms with Gasteiger partial charge in [-0.2, -0.15) is 0 Å². The Balaban J connectivity index is 4.19. The van der Waals surface area contributed by atoms with E-state index in [2.05, 4.69) is 17.3 Å². The minimum Gasteiger partial charge on any atom is -0.311 e. The van der Waals surface area contributed by atoms with Crippen LogP contribution in [0.15, 0.2) is 0 Å². The zero-order valence-electron chi connectivity index (χ0n) is 4.81. The van der Waals surface area contributed by atoms with Gasteiger partial charge in [-0.1, -0.05) is 17.0 Å².